The van der Waals surface area contributed by atoms with Gasteiger partial charge in [0.05, 0.1) is 12.1 Å². The van der Waals surface area contributed by atoms with Gasteiger partial charge in [-0.2, -0.15) is 0 Å². The topological polar surface area (TPSA) is 77.9 Å². The smallest absolute Gasteiger partial charge is 0.137 e. The van der Waals surface area contributed by atoms with Gasteiger partial charge in [0.2, 0.25) is 0 Å². The van der Waals surface area contributed by atoms with Crippen molar-refractivity contribution in [2.24, 2.45) is 5.11 Å². The molecule has 0 saturated carbocycles. The van der Waals surface area contributed by atoms with Crippen molar-refractivity contribution in [3.8, 4) is 0 Å². The molecule has 11 heavy (non-hydrogen) atoms. The average Bonchev–Trinajstić information content (AvgIpc) is 2.06. The standard InChI is InChI=1S/C6H10N4O/c7-10-9-5-2-1-3-8-6(5)4-11/h4-6,8H,1-3H2. The summed E-state index contributed by atoms with van der Waals surface area (Å²) in [6, 6.07) is -0.467. The number of azide groups is 1. The van der Waals surface area contributed by atoms with Crippen molar-refractivity contribution < 1.29 is 4.79 Å². The molecule has 0 aromatic rings. The maximum absolute atomic E-state index is 10.4. The van der Waals surface area contributed by atoms with Crippen molar-refractivity contribution in [3.63, 3.8) is 0 Å². The Morgan fingerprint density at radius 3 is 3.18 bits per heavy atom. The van der Waals surface area contributed by atoms with Gasteiger partial charge in [-0.05, 0) is 24.9 Å². The molecule has 5 heteroatoms. The molecule has 2 unspecified atom stereocenters. The maximum atomic E-state index is 10.4. The molecule has 1 fully saturated rings. The highest BCUT2D eigenvalue weighted by atomic mass is 16.1. The van der Waals surface area contributed by atoms with Crippen LogP contribution in [-0.2, 0) is 4.79 Å². The molecule has 1 saturated heterocycles. The molecule has 0 aromatic heterocycles. The molecular weight excluding hydrogens is 144 g/mol. The third-order valence-corrected chi connectivity index (χ3v) is 1.82. The van der Waals surface area contributed by atoms with Gasteiger partial charge in [0.15, 0.2) is 0 Å². The van der Waals surface area contributed by atoms with E-state index in [0.29, 0.717) is 0 Å². The lowest BCUT2D eigenvalue weighted by Crippen LogP contribution is -2.44. The Balaban J connectivity index is 2.57. The first kappa shape index (κ1) is 8.04. The molecule has 0 amide bonds. The largest absolute Gasteiger partial charge is 0.307 e. The van der Waals surface area contributed by atoms with E-state index < -0.39 is 0 Å². The molecule has 1 rings (SSSR count). The highest BCUT2D eigenvalue weighted by Gasteiger charge is 2.22. The number of carbonyl (C=O) groups is 1. The van der Waals surface area contributed by atoms with E-state index in [4.69, 9.17) is 5.53 Å². The Morgan fingerprint density at radius 2 is 2.55 bits per heavy atom. The third kappa shape index (κ3) is 1.93. The number of piperidine rings is 1. The van der Waals surface area contributed by atoms with Crippen LogP contribution in [0.15, 0.2) is 5.11 Å². The molecular formula is C6H10N4O. The van der Waals surface area contributed by atoms with Crippen molar-refractivity contribution in [1.82, 2.24) is 5.32 Å². The molecule has 60 valence electrons. The van der Waals surface area contributed by atoms with Crippen LogP contribution in [0.1, 0.15) is 12.8 Å². The van der Waals surface area contributed by atoms with Gasteiger partial charge in [0.1, 0.15) is 6.29 Å². The molecule has 0 aromatic carbocycles. The molecule has 1 aliphatic heterocycles. The summed E-state index contributed by atoms with van der Waals surface area (Å²) < 4.78 is 0. The lowest BCUT2D eigenvalue weighted by atomic mass is 10.0. The minimum absolute atomic E-state index is 0.189. The number of carbonyl (C=O) groups excluding carboxylic acids is 1. The van der Waals surface area contributed by atoms with Crippen molar-refractivity contribution in [3.05, 3.63) is 10.4 Å². The molecule has 0 aliphatic carbocycles. The molecule has 2 atom stereocenters. The summed E-state index contributed by atoms with van der Waals surface area (Å²) in [5, 5.41) is 6.49. The Bertz CT molecular complexity index is 187. The second kappa shape index (κ2) is 3.95. The monoisotopic (exact) mass is 154 g/mol. The van der Waals surface area contributed by atoms with Crippen LogP contribution in [-0.4, -0.2) is 24.9 Å². The molecule has 1 N–H and O–H groups in total. The summed E-state index contributed by atoms with van der Waals surface area (Å²) in [6.07, 6.45) is 2.58. The summed E-state index contributed by atoms with van der Waals surface area (Å²) >= 11 is 0. The SMILES string of the molecule is [N-]=[N+]=NC1CCCNC1C=O. The van der Waals surface area contributed by atoms with Crippen molar-refractivity contribution in [1.29, 1.82) is 0 Å². The zero-order valence-corrected chi connectivity index (χ0v) is 6.10. The second-order valence-electron chi connectivity index (χ2n) is 2.53. The Labute approximate surface area is 64.4 Å². The summed E-state index contributed by atoms with van der Waals surface area (Å²) in [5.74, 6) is 0. The number of nitrogens with one attached hydrogen (secondary N) is 1. The summed E-state index contributed by atoms with van der Waals surface area (Å²) in [5.41, 5.74) is 8.15. The highest BCUT2D eigenvalue weighted by molar-refractivity contribution is 5.59. The fourth-order valence-corrected chi connectivity index (χ4v) is 1.23. The predicted molar refractivity (Wildman–Crippen MR) is 40.0 cm³/mol. The van der Waals surface area contributed by atoms with Crippen LogP contribution in [0.4, 0.5) is 0 Å². The maximum Gasteiger partial charge on any atom is 0.137 e. The minimum atomic E-state index is -0.278. The molecule has 5 nitrogen and oxygen atoms in total. The van der Waals surface area contributed by atoms with Gasteiger partial charge in [0.25, 0.3) is 0 Å². The van der Waals surface area contributed by atoms with Crippen LogP contribution in [0, 0.1) is 0 Å². The van der Waals surface area contributed by atoms with E-state index in [2.05, 4.69) is 15.3 Å². The van der Waals surface area contributed by atoms with E-state index in [1.54, 1.807) is 0 Å². The van der Waals surface area contributed by atoms with Crippen molar-refractivity contribution >= 4 is 6.29 Å². The van der Waals surface area contributed by atoms with Gasteiger partial charge in [-0.3, -0.25) is 0 Å². The van der Waals surface area contributed by atoms with Crippen molar-refractivity contribution in [2.45, 2.75) is 24.9 Å². The minimum Gasteiger partial charge on any atom is -0.307 e. The van der Waals surface area contributed by atoms with E-state index in [1.807, 2.05) is 0 Å². The number of hydrogen-bond acceptors (Lipinski definition) is 3. The van der Waals surface area contributed by atoms with Gasteiger partial charge in [-0.25, -0.2) is 0 Å². The number of aldehydes is 1. The summed E-state index contributed by atoms with van der Waals surface area (Å²) in [7, 11) is 0. The van der Waals surface area contributed by atoms with Crippen LogP contribution in [0.5, 0.6) is 0 Å². The Hall–Kier alpha value is -1.06. The van der Waals surface area contributed by atoms with Crippen LogP contribution in [0.25, 0.3) is 10.4 Å². The first-order valence-electron chi connectivity index (χ1n) is 3.61. The second-order valence-corrected chi connectivity index (χ2v) is 2.53. The van der Waals surface area contributed by atoms with Gasteiger partial charge in [-0.15, -0.1) is 0 Å². The highest BCUT2D eigenvalue weighted by Crippen LogP contribution is 2.10. The van der Waals surface area contributed by atoms with E-state index in [0.717, 1.165) is 25.7 Å². The van der Waals surface area contributed by atoms with Crippen LogP contribution in [0.3, 0.4) is 0 Å². The zero-order chi connectivity index (χ0) is 8.10. The summed E-state index contributed by atoms with van der Waals surface area (Å²) in [6.45, 7) is 0.834. The van der Waals surface area contributed by atoms with Gasteiger partial charge in [-0.1, -0.05) is 5.11 Å². The third-order valence-electron chi connectivity index (χ3n) is 1.82. The number of rotatable bonds is 2. The predicted octanol–water partition coefficient (Wildman–Crippen LogP) is 0.616. The number of hydrogen-bond donors (Lipinski definition) is 1. The molecule has 0 bridgehead atoms. The first-order chi connectivity index (χ1) is 5.38. The van der Waals surface area contributed by atoms with Gasteiger partial charge < -0.3 is 10.1 Å². The fourth-order valence-electron chi connectivity index (χ4n) is 1.23. The quantitative estimate of drug-likeness (QED) is 0.274. The number of nitrogens with zero attached hydrogens (tertiary/aromatic N) is 3. The van der Waals surface area contributed by atoms with Crippen LogP contribution >= 0.6 is 0 Å². The lowest BCUT2D eigenvalue weighted by molar-refractivity contribution is -0.110. The molecule has 0 radical (unpaired) electrons. The van der Waals surface area contributed by atoms with Gasteiger partial charge in [0, 0.05) is 4.91 Å². The van der Waals surface area contributed by atoms with E-state index in [-0.39, 0.29) is 12.1 Å². The molecule has 1 heterocycles. The van der Waals surface area contributed by atoms with E-state index in [9.17, 15) is 4.79 Å². The van der Waals surface area contributed by atoms with Crippen LogP contribution < -0.4 is 5.32 Å². The van der Waals surface area contributed by atoms with E-state index >= 15 is 0 Å². The molecule has 1 aliphatic rings. The van der Waals surface area contributed by atoms with Crippen LogP contribution in [0.2, 0.25) is 0 Å². The Morgan fingerprint density at radius 1 is 1.73 bits per heavy atom. The van der Waals surface area contributed by atoms with Crippen molar-refractivity contribution in [2.75, 3.05) is 6.54 Å². The average molecular weight is 154 g/mol. The first-order valence-corrected chi connectivity index (χ1v) is 3.61. The fraction of sp³-hybridized carbons (Fsp3) is 0.833. The zero-order valence-electron chi connectivity index (χ0n) is 6.10. The lowest BCUT2D eigenvalue weighted by Gasteiger charge is -2.24. The normalized spacial score (nSPS) is 30.5. The summed E-state index contributed by atoms with van der Waals surface area (Å²) in [4.78, 5) is 13.1. The molecule has 0 spiro atoms. The van der Waals surface area contributed by atoms with E-state index in [1.165, 1.54) is 0 Å². The van der Waals surface area contributed by atoms with Gasteiger partial charge >= 0.3 is 0 Å². The Kier molecular flexibility index (Phi) is 2.89.